The maximum Gasteiger partial charge on any atom is 0.152 e. The van der Waals surface area contributed by atoms with Crippen LogP contribution in [0.1, 0.15) is 19.8 Å². The Morgan fingerprint density at radius 2 is 2.27 bits per heavy atom. The second kappa shape index (κ2) is 3.71. The second-order valence-corrected chi connectivity index (χ2v) is 7.31. The van der Waals surface area contributed by atoms with Crippen LogP contribution < -0.4 is 0 Å². The van der Waals surface area contributed by atoms with Gasteiger partial charge in [-0.05, 0) is 32.2 Å². The van der Waals surface area contributed by atoms with E-state index in [2.05, 4.69) is 4.90 Å². The Bertz CT molecular complexity index is 341. The van der Waals surface area contributed by atoms with Crippen molar-refractivity contribution in [3.63, 3.8) is 0 Å². The average Bonchev–Trinajstić information content (AvgIpc) is 2.71. The number of aliphatic hydroxyl groups excluding tert-OH is 1. The van der Waals surface area contributed by atoms with Crippen molar-refractivity contribution in [1.29, 1.82) is 0 Å². The molecule has 0 aromatic carbocycles. The Morgan fingerprint density at radius 1 is 1.53 bits per heavy atom. The predicted molar refractivity (Wildman–Crippen MR) is 58.4 cm³/mol. The molecule has 0 radical (unpaired) electrons. The first-order valence-corrected chi connectivity index (χ1v) is 7.34. The van der Waals surface area contributed by atoms with E-state index in [-0.39, 0.29) is 17.9 Å². The lowest BCUT2D eigenvalue weighted by molar-refractivity contribution is 0.144. The van der Waals surface area contributed by atoms with Crippen molar-refractivity contribution in [3.05, 3.63) is 0 Å². The third kappa shape index (κ3) is 2.19. The van der Waals surface area contributed by atoms with Crippen LogP contribution in [0.3, 0.4) is 0 Å². The molecule has 15 heavy (non-hydrogen) atoms. The van der Waals surface area contributed by atoms with Crippen molar-refractivity contribution in [1.82, 2.24) is 4.90 Å². The number of aliphatic hydroxyl groups is 1. The summed E-state index contributed by atoms with van der Waals surface area (Å²) in [5.74, 6) is 0.951. The fourth-order valence-corrected chi connectivity index (χ4v) is 4.88. The molecule has 0 bridgehead atoms. The SMILES string of the molecule is CC1(N2CCC(CO)C2)CCS(=O)(=O)C1. The van der Waals surface area contributed by atoms with Gasteiger partial charge in [0.1, 0.15) is 0 Å². The van der Waals surface area contributed by atoms with Gasteiger partial charge in [-0.25, -0.2) is 8.42 Å². The van der Waals surface area contributed by atoms with E-state index in [4.69, 9.17) is 5.11 Å². The molecule has 2 fully saturated rings. The molecule has 2 aliphatic rings. The van der Waals surface area contributed by atoms with Gasteiger partial charge in [-0.2, -0.15) is 0 Å². The molecular weight excluding hydrogens is 214 g/mol. The summed E-state index contributed by atoms with van der Waals surface area (Å²) in [6, 6.07) is 0. The molecule has 2 saturated heterocycles. The molecule has 5 heteroatoms. The van der Waals surface area contributed by atoms with E-state index in [1.807, 2.05) is 6.92 Å². The number of hydrogen-bond donors (Lipinski definition) is 1. The fraction of sp³-hybridized carbons (Fsp3) is 1.00. The van der Waals surface area contributed by atoms with Gasteiger partial charge in [0.05, 0.1) is 11.5 Å². The van der Waals surface area contributed by atoms with Crippen molar-refractivity contribution in [2.75, 3.05) is 31.2 Å². The maximum atomic E-state index is 11.5. The van der Waals surface area contributed by atoms with E-state index < -0.39 is 9.84 Å². The lowest BCUT2D eigenvalue weighted by Crippen LogP contribution is -2.46. The van der Waals surface area contributed by atoms with Gasteiger partial charge in [-0.3, -0.25) is 4.90 Å². The van der Waals surface area contributed by atoms with Crippen LogP contribution in [0.4, 0.5) is 0 Å². The summed E-state index contributed by atoms with van der Waals surface area (Å²) < 4.78 is 23.0. The fourth-order valence-electron chi connectivity index (χ4n) is 2.71. The third-order valence-electron chi connectivity index (χ3n) is 3.79. The van der Waals surface area contributed by atoms with E-state index in [0.717, 1.165) is 25.9 Å². The zero-order chi connectivity index (χ0) is 11.1. The minimum absolute atomic E-state index is 0.178. The predicted octanol–water partition coefficient (Wildman–Crippen LogP) is -0.122. The van der Waals surface area contributed by atoms with E-state index in [0.29, 0.717) is 11.7 Å². The number of sulfone groups is 1. The van der Waals surface area contributed by atoms with Crippen LogP contribution in [0.15, 0.2) is 0 Å². The number of hydrogen-bond acceptors (Lipinski definition) is 4. The molecule has 2 rings (SSSR count). The van der Waals surface area contributed by atoms with E-state index in [9.17, 15) is 8.42 Å². The molecular formula is C10H19NO3S. The Hall–Kier alpha value is -0.130. The van der Waals surface area contributed by atoms with Gasteiger partial charge in [0.2, 0.25) is 0 Å². The standard InChI is InChI=1S/C10H19NO3S/c1-10(3-5-15(13,14)8-10)11-4-2-9(6-11)7-12/h9,12H,2-8H2,1H3. The van der Waals surface area contributed by atoms with Crippen LogP contribution >= 0.6 is 0 Å². The molecule has 88 valence electrons. The number of rotatable bonds is 2. The Morgan fingerprint density at radius 3 is 2.73 bits per heavy atom. The minimum Gasteiger partial charge on any atom is -0.396 e. The lowest BCUT2D eigenvalue weighted by atomic mass is 10.00. The van der Waals surface area contributed by atoms with Crippen molar-refractivity contribution in [2.24, 2.45) is 5.92 Å². The minimum atomic E-state index is -2.82. The highest BCUT2D eigenvalue weighted by Crippen LogP contribution is 2.33. The summed E-state index contributed by atoms with van der Waals surface area (Å²) >= 11 is 0. The summed E-state index contributed by atoms with van der Waals surface area (Å²) in [4.78, 5) is 2.25. The maximum absolute atomic E-state index is 11.5. The van der Waals surface area contributed by atoms with Crippen molar-refractivity contribution >= 4 is 9.84 Å². The molecule has 0 saturated carbocycles. The van der Waals surface area contributed by atoms with E-state index >= 15 is 0 Å². The molecule has 0 aromatic heterocycles. The third-order valence-corrected chi connectivity index (χ3v) is 5.68. The highest BCUT2D eigenvalue weighted by Gasteiger charge is 2.44. The smallest absolute Gasteiger partial charge is 0.152 e. The van der Waals surface area contributed by atoms with Crippen LogP contribution in [-0.4, -0.2) is 55.2 Å². The van der Waals surface area contributed by atoms with Crippen molar-refractivity contribution in [3.8, 4) is 0 Å². The van der Waals surface area contributed by atoms with Gasteiger partial charge in [-0.1, -0.05) is 0 Å². The first-order chi connectivity index (χ1) is 6.95. The van der Waals surface area contributed by atoms with Gasteiger partial charge in [0.15, 0.2) is 9.84 Å². The Balaban J connectivity index is 2.06. The van der Waals surface area contributed by atoms with E-state index in [1.165, 1.54) is 0 Å². The number of nitrogens with zero attached hydrogens (tertiary/aromatic N) is 1. The Kier molecular flexibility index (Phi) is 2.81. The summed E-state index contributed by atoms with van der Waals surface area (Å²) in [5.41, 5.74) is -0.178. The van der Waals surface area contributed by atoms with Gasteiger partial charge in [-0.15, -0.1) is 0 Å². The van der Waals surface area contributed by atoms with Crippen molar-refractivity contribution in [2.45, 2.75) is 25.3 Å². The number of likely N-dealkylation sites (tertiary alicyclic amines) is 1. The molecule has 0 amide bonds. The second-order valence-electron chi connectivity index (χ2n) is 5.12. The first kappa shape index (κ1) is 11.4. The topological polar surface area (TPSA) is 57.6 Å². The molecule has 2 unspecified atom stereocenters. The van der Waals surface area contributed by atoms with Crippen LogP contribution in [0.5, 0.6) is 0 Å². The monoisotopic (exact) mass is 233 g/mol. The quantitative estimate of drug-likeness (QED) is 0.722. The van der Waals surface area contributed by atoms with Crippen LogP contribution in [0.2, 0.25) is 0 Å². The molecule has 2 aliphatic heterocycles. The van der Waals surface area contributed by atoms with E-state index in [1.54, 1.807) is 0 Å². The van der Waals surface area contributed by atoms with Crippen LogP contribution in [0.25, 0.3) is 0 Å². The Labute approximate surface area is 91.2 Å². The van der Waals surface area contributed by atoms with Crippen molar-refractivity contribution < 1.29 is 13.5 Å². The largest absolute Gasteiger partial charge is 0.396 e. The summed E-state index contributed by atoms with van der Waals surface area (Å²) in [6.07, 6.45) is 1.74. The summed E-state index contributed by atoms with van der Waals surface area (Å²) in [5, 5.41) is 9.07. The summed E-state index contributed by atoms with van der Waals surface area (Å²) in [6.45, 7) is 4.04. The molecule has 4 nitrogen and oxygen atoms in total. The highest BCUT2D eigenvalue weighted by molar-refractivity contribution is 7.91. The molecule has 0 aliphatic carbocycles. The first-order valence-electron chi connectivity index (χ1n) is 5.51. The lowest BCUT2D eigenvalue weighted by Gasteiger charge is -2.34. The molecule has 1 N–H and O–H groups in total. The highest BCUT2D eigenvalue weighted by atomic mass is 32.2. The zero-order valence-corrected chi connectivity index (χ0v) is 9.96. The molecule has 0 aromatic rings. The van der Waals surface area contributed by atoms with Gasteiger partial charge in [0, 0.05) is 18.7 Å². The average molecular weight is 233 g/mol. The molecule has 2 heterocycles. The van der Waals surface area contributed by atoms with Gasteiger partial charge >= 0.3 is 0 Å². The zero-order valence-electron chi connectivity index (χ0n) is 9.15. The van der Waals surface area contributed by atoms with Gasteiger partial charge in [0.25, 0.3) is 0 Å². The molecule has 2 atom stereocenters. The summed E-state index contributed by atoms with van der Waals surface area (Å²) in [7, 11) is -2.82. The molecule has 0 spiro atoms. The normalized spacial score (nSPS) is 41.1. The van der Waals surface area contributed by atoms with Crippen LogP contribution in [0, 0.1) is 5.92 Å². The van der Waals surface area contributed by atoms with Gasteiger partial charge < -0.3 is 5.11 Å². The van der Waals surface area contributed by atoms with Crippen LogP contribution in [-0.2, 0) is 9.84 Å².